The molecule has 1 aromatic carbocycles. The van der Waals surface area contributed by atoms with Gasteiger partial charge in [-0.25, -0.2) is 0 Å². The predicted octanol–water partition coefficient (Wildman–Crippen LogP) is 2.89. The Labute approximate surface area is 114 Å². The Kier molecular flexibility index (Phi) is 3.91. The summed E-state index contributed by atoms with van der Waals surface area (Å²) in [6.07, 6.45) is 0. The smallest absolute Gasteiger partial charge is 0.273 e. The van der Waals surface area contributed by atoms with Crippen LogP contribution >= 0.6 is 11.3 Å². The first-order valence-corrected chi connectivity index (χ1v) is 6.51. The van der Waals surface area contributed by atoms with Crippen LogP contribution < -0.4 is 5.32 Å². The van der Waals surface area contributed by atoms with E-state index >= 15 is 0 Å². The molecule has 0 fully saturated rings. The molecule has 6 heteroatoms. The lowest BCUT2D eigenvalue weighted by molar-refractivity contribution is -0.385. The van der Waals surface area contributed by atoms with Crippen molar-refractivity contribution in [1.82, 2.24) is 5.32 Å². The van der Waals surface area contributed by atoms with Gasteiger partial charge in [-0.3, -0.25) is 14.9 Å². The number of nitrogens with zero attached hydrogens (tertiary/aromatic N) is 1. The third kappa shape index (κ3) is 3.17. The van der Waals surface area contributed by atoms with Gasteiger partial charge in [0, 0.05) is 22.1 Å². The van der Waals surface area contributed by atoms with Gasteiger partial charge in [0.2, 0.25) is 0 Å². The Balaban J connectivity index is 2.11. The average molecular weight is 276 g/mol. The van der Waals surface area contributed by atoms with Gasteiger partial charge in [-0.15, -0.1) is 11.3 Å². The lowest BCUT2D eigenvalue weighted by Crippen LogP contribution is -2.22. The van der Waals surface area contributed by atoms with E-state index in [2.05, 4.69) is 5.32 Å². The molecule has 0 spiro atoms. The maximum Gasteiger partial charge on any atom is 0.273 e. The fraction of sp³-hybridized carbons (Fsp3) is 0.154. The Morgan fingerprint density at radius 3 is 2.84 bits per heavy atom. The molecule has 0 atom stereocenters. The minimum atomic E-state index is -0.481. The molecule has 1 aromatic heterocycles. The second-order valence-electron chi connectivity index (χ2n) is 4.02. The van der Waals surface area contributed by atoms with Crippen LogP contribution in [0.5, 0.6) is 0 Å². The Hall–Kier alpha value is -2.21. The SMILES string of the molecule is Cc1ccc(C(=O)NCc2cccs2)cc1[N+](=O)[O-]. The molecule has 0 aliphatic carbocycles. The van der Waals surface area contributed by atoms with Crippen molar-refractivity contribution in [2.24, 2.45) is 0 Å². The van der Waals surface area contributed by atoms with Gasteiger partial charge in [0.15, 0.2) is 0 Å². The summed E-state index contributed by atoms with van der Waals surface area (Å²) in [7, 11) is 0. The number of nitro groups is 1. The minimum absolute atomic E-state index is 0.0382. The number of carbonyl (C=O) groups is 1. The number of benzene rings is 1. The quantitative estimate of drug-likeness (QED) is 0.689. The number of aryl methyl sites for hydroxylation is 1. The molecule has 0 saturated carbocycles. The third-order valence-electron chi connectivity index (χ3n) is 2.67. The second kappa shape index (κ2) is 5.62. The maximum absolute atomic E-state index is 11.9. The first kappa shape index (κ1) is 13.2. The number of hydrogen-bond acceptors (Lipinski definition) is 4. The number of amides is 1. The van der Waals surface area contributed by atoms with Crippen LogP contribution in [-0.4, -0.2) is 10.8 Å². The molecule has 0 bridgehead atoms. The van der Waals surface area contributed by atoms with Crippen molar-refractivity contribution in [1.29, 1.82) is 0 Å². The fourth-order valence-electron chi connectivity index (χ4n) is 1.63. The van der Waals surface area contributed by atoms with E-state index in [1.165, 1.54) is 6.07 Å². The first-order chi connectivity index (χ1) is 9.08. The molecule has 5 nitrogen and oxygen atoms in total. The molecule has 2 rings (SSSR count). The van der Waals surface area contributed by atoms with E-state index in [1.54, 1.807) is 30.4 Å². The summed E-state index contributed by atoms with van der Waals surface area (Å²) in [6.45, 7) is 2.07. The van der Waals surface area contributed by atoms with Crippen molar-refractivity contribution >= 4 is 22.9 Å². The van der Waals surface area contributed by atoms with Crippen LogP contribution in [0.3, 0.4) is 0 Å². The van der Waals surface area contributed by atoms with Crippen LogP contribution in [0, 0.1) is 17.0 Å². The van der Waals surface area contributed by atoms with Crippen LogP contribution in [0.2, 0.25) is 0 Å². The summed E-state index contributed by atoms with van der Waals surface area (Å²) in [6, 6.07) is 8.30. The summed E-state index contributed by atoms with van der Waals surface area (Å²) >= 11 is 1.55. The summed E-state index contributed by atoms with van der Waals surface area (Å²) < 4.78 is 0. The number of thiophene rings is 1. The van der Waals surface area contributed by atoms with Crippen molar-refractivity contribution in [3.63, 3.8) is 0 Å². The summed E-state index contributed by atoms with van der Waals surface area (Å²) in [4.78, 5) is 23.3. The van der Waals surface area contributed by atoms with Gasteiger partial charge in [0.05, 0.1) is 11.5 Å². The van der Waals surface area contributed by atoms with E-state index < -0.39 is 4.92 Å². The van der Waals surface area contributed by atoms with Crippen LogP contribution in [-0.2, 0) is 6.54 Å². The van der Waals surface area contributed by atoms with Crippen molar-refractivity contribution in [3.8, 4) is 0 Å². The number of nitro benzene ring substituents is 1. The number of nitrogens with one attached hydrogen (secondary N) is 1. The molecule has 2 aromatic rings. The molecular weight excluding hydrogens is 264 g/mol. The van der Waals surface area contributed by atoms with E-state index in [1.807, 2.05) is 17.5 Å². The highest BCUT2D eigenvalue weighted by molar-refractivity contribution is 7.09. The Morgan fingerprint density at radius 1 is 1.42 bits per heavy atom. The molecule has 1 N–H and O–H groups in total. The highest BCUT2D eigenvalue weighted by atomic mass is 32.1. The maximum atomic E-state index is 11.9. The summed E-state index contributed by atoms with van der Waals surface area (Å²) in [5.41, 5.74) is 0.803. The fourth-order valence-corrected chi connectivity index (χ4v) is 2.27. The molecule has 0 unspecified atom stereocenters. The van der Waals surface area contributed by atoms with E-state index in [9.17, 15) is 14.9 Å². The molecule has 0 radical (unpaired) electrons. The highest BCUT2D eigenvalue weighted by Gasteiger charge is 2.14. The molecule has 98 valence electrons. The van der Waals surface area contributed by atoms with Gasteiger partial charge in [0.25, 0.3) is 11.6 Å². The second-order valence-corrected chi connectivity index (χ2v) is 5.05. The Bertz CT molecular complexity index is 608. The third-order valence-corrected chi connectivity index (χ3v) is 3.55. The van der Waals surface area contributed by atoms with E-state index in [0.717, 1.165) is 4.88 Å². The van der Waals surface area contributed by atoms with Gasteiger partial charge in [-0.2, -0.15) is 0 Å². The molecule has 1 heterocycles. The van der Waals surface area contributed by atoms with Crippen molar-refractivity contribution in [2.75, 3.05) is 0 Å². The van der Waals surface area contributed by atoms with Crippen molar-refractivity contribution < 1.29 is 9.72 Å². The van der Waals surface area contributed by atoms with Crippen LogP contribution in [0.25, 0.3) is 0 Å². The lowest BCUT2D eigenvalue weighted by Gasteiger charge is -2.04. The molecular formula is C13H12N2O3S. The van der Waals surface area contributed by atoms with E-state index in [4.69, 9.17) is 0 Å². The summed E-state index contributed by atoms with van der Waals surface area (Å²) in [5.74, 6) is -0.309. The standard InChI is InChI=1S/C13H12N2O3S/c1-9-4-5-10(7-12(9)15(17)18)13(16)14-8-11-3-2-6-19-11/h2-7H,8H2,1H3,(H,14,16). The van der Waals surface area contributed by atoms with Crippen LogP contribution in [0.1, 0.15) is 20.8 Å². The zero-order valence-corrected chi connectivity index (χ0v) is 11.1. The van der Waals surface area contributed by atoms with Gasteiger partial charge in [-0.05, 0) is 24.4 Å². The Morgan fingerprint density at radius 2 is 2.21 bits per heavy atom. The monoisotopic (exact) mass is 276 g/mol. The zero-order chi connectivity index (χ0) is 13.8. The van der Waals surface area contributed by atoms with Gasteiger partial charge >= 0.3 is 0 Å². The molecule has 1 amide bonds. The topological polar surface area (TPSA) is 72.2 Å². The van der Waals surface area contributed by atoms with Crippen molar-refractivity contribution in [3.05, 3.63) is 61.8 Å². The van der Waals surface area contributed by atoms with Gasteiger partial charge < -0.3 is 5.32 Å². The van der Waals surface area contributed by atoms with Gasteiger partial charge in [-0.1, -0.05) is 12.1 Å². The minimum Gasteiger partial charge on any atom is -0.347 e. The summed E-state index contributed by atoms with van der Waals surface area (Å²) in [5, 5.41) is 15.5. The van der Waals surface area contributed by atoms with Crippen LogP contribution in [0.15, 0.2) is 35.7 Å². The largest absolute Gasteiger partial charge is 0.347 e. The zero-order valence-electron chi connectivity index (χ0n) is 10.3. The van der Waals surface area contributed by atoms with Gasteiger partial charge in [0.1, 0.15) is 0 Å². The molecule has 19 heavy (non-hydrogen) atoms. The number of rotatable bonds is 4. The molecule has 0 aliphatic rings. The molecule has 0 aliphatic heterocycles. The first-order valence-electron chi connectivity index (χ1n) is 5.63. The highest BCUT2D eigenvalue weighted by Crippen LogP contribution is 2.19. The number of hydrogen-bond donors (Lipinski definition) is 1. The normalized spacial score (nSPS) is 10.2. The lowest BCUT2D eigenvalue weighted by atomic mass is 10.1. The van der Waals surface area contributed by atoms with E-state index in [0.29, 0.717) is 17.7 Å². The van der Waals surface area contributed by atoms with Crippen LogP contribution in [0.4, 0.5) is 5.69 Å². The van der Waals surface area contributed by atoms with Crippen molar-refractivity contribution in [2.45, 2.75) is 13.5 Å². The van der Waals surface area contributed by atoms with E-state index in [-0.39, 0.29) is 11.6 Å². The molecule has 0 saturated heterocycles. The average Bonchev–Trinajstić information content (AvgIpc) is 2.89. The predicted molar refractivity (Wildman–Crippen MR) is 73.3 cm³/mol. The number of carbonyl (C=O) groups excluding carboxylic acids is 1.